The monoisotopic (exact) mass is 266 g/mol. The molecular weight excluding hydrogens is 261 g/mol. The van der Waals surface area contributed by atoms with Crippen molar-refractivity contribution in [2.24, 2.45) is 0 Å². The zero-order valence-corrected chi connectivity index (χ0v) is 9.19. The van der Waals surface area contributed by atoms with Gasteiger partial charge in [-0.05, 0) is 19.1 Å². The molecule has 7 heteroatoms. The van der Waals surface area contributed by atoms with Crippen LogP contribution >= 0.6 is 11.6 Å². The molecule has 1 aromatic rings. The van der Waals surface area contributed by atoms with Crippen LogP contribution in [0.25, 0.3) is 0 Å². The van der Waals surface area contributed by atoms with Crippen LogP contribution < -0.4 is 0 Å². The summed E-state index contributed by atoms with van der Waals surface area (Å²) in [6, 6.07) is 1.26. The number of carboxylic acid groups (broad SMARTS) is 1. The molecule has 0 heterocycles. The van der Waals surface area contributed by atoms with Gasteiger partial charge in [0.25, 0.3) is 0 Å². The Kier molecular flexibility index (Phi) is 3.47. The van der Waals surface area contributed by atoms with Crippen LogP contribution in [0, 0.1) is 0 Å². The van der Waals surface area contributed by atoms with Crippen molar-refractivity contribution in [2.45, 2.75) is 13.1 Å². The van der Waals surface area contributed by atoms with Gasteiger partial charge >= 0.3 is 12.1 Å². The van der Waals surface area contributed by atoms with E-state index in [1.54, 1.807) is 0 Å². The van der Waals surface area contributed by atoms with Crippen LogP contribution in [0.3, 0.4) is 0 Å². The van der Waals surface area contributed by atoms with Crippen molar-refractivity contribution in [1.82, 2.24) is 0 Å². The van der Waals surface area contributed by atoms with E-state index in [2.05, 4.69) is 0 Å². The third-order valence-corrected chi connectivity index (χ3v) is 2.42. The summed E-state index contributed by atoms with van der Waals surface area (Å²) in [7, 11) is 0. The van der Waals surface area contributed by atoms with Gasteiger partial charge in [-0.25, -0.2) is 4.79 Å². The average molecular weight is 267 g/mol. The SMILES string of the molecule is CC(=O)c1c(C(F)(F)F)ccc(C(=O)O)c1Cl. The second-order valence-electron chi connectivity index (χ2n) is 3.21. The van der Waals surface area contributed by atoms with E-state index in [-0.39, 0.29) is 0 Å². The molecule has 0 aliphatic rings. The molecule has 1 N–H and O–H groups in total. The number of aromatic carboxylic acids is 1. The number of hydrogen-bond donors (Lipinski definition) is 1. The molecule has 0 unspecified atom stereocenters. The lowest BCUT2D eigenvalue weighted by Crippen LogP contribution is -2.14. The molecular formula is C10H6ClF3O3. The van der Waals surface area contributed by atoms with Gasteiger partial charge in [-0.3, -0.25) is 4.79 Å². The Balaban J connectivity index is 3.63. The Morgan fingerprint density at radius 3 is 2.18 bits per heavy atom. The van der Waals surface area contributed by atoms with Crippen molar-refractivity contribution in [3.05, 3.63) is 33.8 Å². The lowest BCUT2D eigenvalue weighted by molar-refractivity contribution is -0.137. The minimum absolute atomic E-state index is 0.534. The molecule has 3 nitrogen and oxygen atoms in total. The maximum Gasteiger partial charge on any atom is 0.417 e. The Labute approximate surface area is 98.8 Å². The molecule has 0 fully saturated rings. The average Bonchev–Trinajstić information content (AvgIpc) is 2.14. The maximum absolute atomic E-state index is 12.6. The number of carbonyl (C=O) groups is 2. The van der Waals surface area contributed by atoms with E-state index in [4.69, 9.17) is 16.7 Å². The molecule has 0 aromatic heterocycles. The molecule has 0 saturated heterocycles. The number of benzene rings is 1. The van der Waals surface area contributed by atoms with Gasteiger partial charge in [-0.15, -0.1) is 0 Å². The highest BCUT2D eigenvalue weighted by molar-refractivity contribution is 6.36. The molecule has 0 bridgehead atoms. The molecule has 0 amide bonds. The van der Waals surface area contributed by atoms with E-state index >= 15 is 0 Å². The maximum atomic E-state index is 12.6. The molecule has 0 saturated carbocycles. The largest absolute Gasteiger partial charge is 0.478 e. The summed E-state index contributed by atoms with van der Waals surface area (Å²) in [6.45, 7) is 0.891. The minimum atomic E-state index is -4.76. The highest BCUT2D eigenvalue weighted by Crippen LogP contribution is 2.36. The number of hydrogen-bond acceptors (Lipinski definition) is 2. The normalized spacial score (nSPS) is 11.4. The van der Waals surface area contributed by atoms with E-state index in [1.165, 1.54) is 0 Å². The number of Topliss-reactive ketones (excluding diaryl/α,β-unsaturated/α-hetero) is 1. The summed E-state index contributed by atoms with van der Waals surface area (Å²) in [4.78, 5) is 21.8. The first kappa shape index (κ1) is 13.5. The predicted molar refractivity (Wildman–Crippen MR) is 53.4 cm³/mol. The zero-order valence-electron chi connectivity index (χ0n) is 8.43. The van der Waals surface area contributed by atoms with Crippen LogP contribution in [0.4, 0.5) is 13.2 Å². The van der Waals surface area contributed by atoms with Crippen LogP contribution in [-0.2, 0) is 6.18 Å². The fourth-order valence-electron chi connectivity index (χ4n) is 1.32. The number of alkyl halides is 3. The Morgan fingerprint density at radius 2 is 1.82 bits per heavy atom. The molecule has 0 spiro atoms. The standard InChI is InChI=1S/C10H6ClF3O3/c1-4(15)7-6(10(12,13)14)3-2-5(8(7)11)9(16)17/h2-3H,1H3,(H,16,17). The summed E-state index contributed by atoms with van der Waals surface area (Å²) in [6.07, 6.45) is -4.76. The number of rotatable bonds is 2. The summed E-state index contributed by atoms with van der Waals surface area (Å²) < 4.78 is 37.7. The third-order valence-electron chi connectivity index (χ3n) is 2.03. The van der Waals surface area contributed by atoms with Crippen LogP contribution in [0.1, 0.15) is 33.2 Å². The Hall–Kier alpha value is -1.56. The van der Waals surface area contributed by atoms with Crippen molar-refractivity contribution in [2.75, 3.05) is 0 Å². The molecule has 1 aromatic carbocycles. The topological polar surface area (TPSA) is 54.4 Å². The van der Waals surface area contributed by atoms with E-state index in [9.17, 15) is 22.8 Å². The van der Waals surface area contributed by atoms with Crippen LogP contribution in [-0.4, -0.2) is 16.9 Å². The van der Waals surface area contributed by atoms with Crippen molar-refractivity contribution in [1.29, 1.82) is 0 Å². The van der Waals surface area contributed by atoms with Gasteiger partial charge in [-0.1, -0.05) is 11.6 Å². The first-order chi connectivity index (χ1) is 7.66. The second-order valence-corrected chi connectivity index (χ2v) is 3.59. The second kappa shape index (κ2) is 4.37. The van der Waals surface area contributed by atoms with Gasteiger partial charge in [0.2, 0.25) is 0 Å². The number of ketones is 1. The molecule has 0 radical (unpaired) electrons. The number of halogens is 4. The molecule has 0 atom stereocenters. The molecule has 0 aliphatic carbocycles. The first-order valence-corrected chi connectivity index (χ1v) is 4.68. The van der Waals surface area contributed by atoms with Crippen LogP contribution in [0.15, 0.2) is 12.1 Å². The van der Waals surface area contributed by atoms with E-state index in [0.29, 0.717) is 6.07 Å². The molecule has 1 rings (SSSR count). The van der Waals surface area contributed by atoms with Gasteiger partial charge in [0.1, 0.15) is 0 Å². The first-order valence-electron chi connectivity index (χ1n) is 4.30. The number of carbonyl (C=O) groups excluding carboxylic acids is 1. The van der Waals surface area contributed by atoms with Gasteiger partial charge < -0.3 is 5.11 Å². The van der Waals surface area contributed by atoms with Gasteiger partial charge in [0.15, 0.2) is 5.78 Å². The molecule has 0 aliphatic heterocycles. The third kappa shape index (κ3) is 2.58. The fraction of sp³-hybridized carbons (Fsp3) is 0.200. The summed E-state index contributed by atoms with van der Waals surface area (Å²) >= 11 is 5.51. The molecule has 92 valence electrons. The quantitative estimate of drug-likeness (QED) is 0.836. The van der Waals surface area contributed by atoms with Crippen molar-refractivity contribution in [3.8, 4) is 0 Å². The van der Waals surface area contributed by atoms with Gasteiger partial charge in [0.05, 0.1) is 16.1 Å². The summed E-state index contributed by atoms with van der Waals surface area (Å²) in [5.74, 6) is -2.43. The van der Waals surface area contributed by atoms with E-state index in [1.807, 2.05) is 0 Å². The van der Waals surface area contributed by atoms with E-state index in [0.717, 1.165) is 13.0 Å². The van der Waals surface area contributed by atoms with Crippen molar-refractivity contribution < 1.29 is 27.9 Å². The lowest BCUT2D eigenvalue weighted by Gasteiger charge is -2.13. The highest BCUT2D eigenvalue weighted by atomic mass is 35.5. The number of carboxylic acids is 1. The Morgan fingerprint density at radius 1 is 1.29 bits per heavy atom. The molecule has 17 heavy (non-hydrogen) atoms. The zero-order chi connectivity index (χ0) is 13.4. The highest BCUT2D eigenvalue weighted by Gasteiger charge is 2.36. The summed E-state index contributed by atoms with van der Waals surface area (Å²) in [5.41, 5.74) is -2.59. The van der Waals surface area contributed by atoms with Crippen molar-refractivity contribution >= 4 is 23.4 Å². The predicted octanol–water partition coefficient (Wildman–Crippen LogP) is 3.26. The van der Waals surface area contributed by atoms with Crippen molar-refractivity contribution in [3.63, 3.8) is 0 Å². The minimum Gasteiger partial charge on any atom is -0.478 e. The van der Waals surface area contributed by atoms with E-state index < -0.39 is 39.6 Å². The smallest absolute Gasteiger partial charge is 0.417 e. The summed E-state index contributed by atoms with van der Waals surface area (Å²) in [5, 5.41) is 7.99. The Bertz CT molecular complexity index is 494. The van der Waals surface area contributed by atoms with Gasteiger partial charge in [-0.2, -0.15) is 13.2 Å². The van der Waals surface area contributed by atoms with Crippen LogP contribution in [0.2, 0.25) is 5.02 Å². The lowest BCUT2D eigenvalue weighted by atomic mass is 10.0. The fourth-order valence-corrected chi connectivity index (χ4v) is 1.70. The van der Waals surface area contributed by atoms with Gasteiger partial charge in [0, 0.05) is 5.56 Å². The van der Waals surface area contributed by atoms with Crippen LogP contribution in [0.5, 0.6) is 0 Å².